The molecule has 0 aromatic heterocycles. The van der Waals surface area contributed by atoms with Crippen molar-refractivity contribution in [3.8, 4) is 0 Å². The number of carbonyl (C=O) groups excluding carboxylic acids is 1. The fourth-order valence-electron chi connectivity index (χ4n) is 2.25. The number of benzene rings is 2. The minimum absolute atomic E-state index is 0.00747. The second-order valence-electron chi connectivity index (χ2n) is 5.46. The van der Waals surface area contributed by atoms with Gasteiger partial charge < -0.3 is 11.1 Å². The number of nitrogens with zero attached hydrogens (tertiary/aromatic N) is 1. The third-order valence-corrected chi connectivity index (χ3v) is 3.90. The number of hydrogen-bond acceptors (Lipinski definition) is 3. The summed E-state index contributed by atoms with van der Waals surface area (Å²) in [5.74, 6) is -3.23. The van der Waals surface area contributed by atoms with Gasteiger partial charge in [-0.3, -0.25) is 9.79 Å². The summed E-state index contributed by atoms with van der Waals surface area (Å²) >= 11 is 5.87. The second-order valence-corrected chi connectivity index (χ2v) is 5.87. The Morgan fingerprint density at radius 2 is 1.79 bits per heavy atom. The molecule has 0 fully saturated rings. The van der Waals surface area contributed by atoms with Crippen LogP contribution < -0.4 is 11.1 Å². The molecule has 0 unspecified atom stereocenters. The molecule has 0 heterocycles. The van der Waals surface area contributed by atoms with Crippen LogP contribution in [0.4, 0.5) is 27.6 Å². The Labute approximate surface area is 161 Å². The number of anilines is 1. The molecule has 28 heavy (non-hydrogen) atoms. The SMILES string of the molecule is CN=C/C(=C(\N)C(F)(F)F)c1cc(F)c(NC(=O)c2ccccc2Cl)cc1F. The van der Waals surface area contributed by atoms with Crippen LogP contribution in [0.5, 0.6) is 0 Å². The Morgan fingerprint density at radius 1 is 1.14 bits per heavy atom. The number of hydrogen-bond donors (Lipinski definition) is 2. The number of carbonyl (C=O) groups is 1. The zero-order valence-corrected chi connectivity index (χ0v) is 15.0. The van der Waals surface area contributed by atoms with Crippen molar-refractivity contribution in [1.29, 1.82) is 0 Å². The standard InChI is InChI=1S/C18H13ClF5N3O/c1-26-8-11(16(25)18(22,23)24)10-6-14(21)15(7-13(10)20)27-17(28)9-4-2-3-5-12(9)19/h2-8H,25H2,1H3,(H,27,28)/b16-11+,26-8?. The third-order valence-electron chi connectivity index (χ3n) is 3.57. The largest absolute Gasteiger partial charge is 0.431 e. The highest BCUT2D eigenvalue weighted by Crippen LogP contribution is 2.31. The first kappa shape index (κ1) is 21.4. The van der Waals surface area contributed by atoms with E-state index in [1.807, 2.05) is 0 Å². The highest BCUT2D eigenvalue weighted by molar-refractivity contribution is 6.34. The molecule has 2 aromatic carbocycles. The van der Waals surface area contributed by atoms with E-state index in [0.29, 0.717) is 18.3 Å². The lowest BCUT2D eigenvalue weighted by Gasteiger charge is -2.14. The van der Waals surface area contributed by atoms with Crippen molar-refractivity contribution < 1.29 is 26.7 Å². The molecule has 0 aliphatic carbocycles. The van der Waals surface area contributed by atoms with E-state index < -0.39 is 46.2 Å². The molecule has 0 radical (unpaired) electrons. The molecule has 2 aromatic rings. The molecule has 10 heteroatoms. The molecular formula is C18H13ClF5N3O. The lowest BCUT2D eigenvalue weighted by atomic mass is 10.0. The van der Waals surface area contributed by atoms with E-state index in [-0.39, 0.29) is 10.6 Å². The molecule has 0 atom stereocenters. The van der Waals surface area contributed by atoms with Crippen molar-refractivity contribution in [3.05, 3.63) is 69.9 Å². The van der Waals surface area contributed by atoms with Crippen LogP contribution in [-0.4, -0.2) is 25.3 Å². The first-order valence-corrected chi connectivity index (χ1v) is 7.98. The Kier molecular flexibility index (Phi) is 6.40. The maximum absolute atomic E-state index is 14.4. The van der Waals surface area contributed by atoms with E-state index in [0.717, 1.165) is 7.05 Å². The first-order valence-electron chi connectivity index (χ1n) is 7.60. The fraction of sp³-hybridized carbons (Fsp3) is 0.111. The lowest BCUT2D eigenvalue weighted by molar-refractivity contribution is -0.0918. The molecule has 0 bridgehead atoms. The molecule has 4 nitrogen and oxygen atoms in total. The Hall–Kier alpha value is -2.94. The van der Waals surface area contributed by atoms with Gasteiger partial charge in [-0.1, -0.05) is 23.7 Å². The Bertz CT molecular complexity index is 970. The molecule has 2 rings (SSSR count). The smallest absolute Gasteiger partial charge is 0.394 e. The topological polar surface area (TPSA) is 67.5 Å². The monoisotopic (exact) mass is 417 g/mol. The lowest BCUT2D eigenvalue weighted by Crippen LogP contribution is -2.22. The molecule has 1 amide bonds. The number of rotatable bonds is 4. The Balaban J connectivity index is 2.47. The quantitative estimate of drug-likeness (QED) is 0.554. The molecule has 0 aliphatic rings. The van der Waals surface area contributed by atoms with Crippen molar-refractivity contribution in [1.82, 2.24) is 0 Å². The summed E-state index contributed by atoms with van der Waals surface area (Å²) in [6, 6.07) is 6.92. The molecular weight excluding hydrogens is 405 g/mol. The fourth-order valence-corrected chi connectivity index (χ4v) is 2.47. The second kappa shape index (κ2) is 8.39. The van der Waals surface area contributed by atoms with Crippen molar-refractivity contribution >= 4 is 35.0 Å². The van der Waals surface area contributed by atoms with Crippen LogP contribution in [0.1, 0.15) is 15.9 Å². The predicted molar refractivity (Wildman–Crippen MR) is 97.3 cm³/mol. The maximum atomic E-state index is 14.4. The van der Waals surface area contributed by atoms with Crippen LogP contribution in [0, 0.1) is 11.6 Å². The summed E-state index contributed by atoms with van der Waals surface area (Å²) in [6.45, 7) is 0. The summed E-state index contributed by atoms with van der Waals surface area (Å²) in [5.41, 5.74) is 1.23. The van der Waals surface area contributed by atoms with Crippen LogP contribution in [0.2, 0.25) is 5.02 Å². The Morgan fingerprint density at radius 3 is 2.36 bits per heavy atom. The van der Waals surface area contributed by atoms with E-state index in [4.69, 9.17) is 17.3 Å². The van der Waals surface area contributed by atoms with Crippen LogP contribution in [0.25, 0.3) is 5.57 Å². The summed E-state index contributed by atoms with van der Waals surface area (Å²) < 4.78 is 67.4. The number of nitrogens with one attached hydrogen (secondary N) is 1. The van der Waals surface area contributed by atoms with Gasteiger partial charge in [-0.05, 0) is 18.2 Å². The van der Waals surface area contributed by atoms with E-state index >= 15 is 0 Å². The van der Waals surface area contributed by atoms with Crippen LogP contribution >= 0.6 is 11.6 Å². The summed E-state index contributed by atoms with van der Waals surface area (Å²) in [7, 11) is 1.15. The number of alkyl halides is 3. The van der Waals surface area contributed by atoms with E-state index in [9.17, 15) is 26.7 Å². The van der Waals surface area contributed by atoms with Gasteiger partial charge in [-0.15, -0.1) is 0 Å². The van der Waals surface area contributed by atoms with Crippen molar-refractivity contribution in [3.63, 3.8) is 0 Å². The molecule has 0 saturated carbocycles. The van der Waals surface area contributed by atoms with E-state index in [1.54, 1.807) is 6.07 Å². The first-order chi connectivity index (χ1) is 13.1. The number of amides is 1. The van der Waals surface area contributed by atoms with Gasteiger partial charge >= 0.3 is 6.18 Å². The van der Waals surface area contributed by atoms with Crippen LogP contribution in [-0.2, 0) is 0 Å². The maximum Gasteiger partial charge on any atom is 0.431 e. The van der Waals surface area contributed by atoms with E-state index in [2.05, 4.69) is 10.3 Å². The van der Waals surface area contributed by atoms with Gasteiger partial charge in [-0.25, -0.2) is 8.78 Å². The minimum Gasteiger partial charge on any atom is -0.394 e. The van der Waals surface area contributed by atoms with Gasteiger partial charge in [0.15, 0.2) is 0 Å². The van der Waals surface area contributed by atoms with Crippen molar-refractivity contribution in [2.75, 3.05) is 12.4 Å². The van der Waals surface area contributed by atoms with Gasteiger partial charge in [0, 0.05) is 30.5 Å². The van der Waals surface area contributed by atoms with Crippen molar-refractivity contribution in [2.45, 2.75) is 6.18 Å². The highest BCUT2D eigenvalue weighted by Gasteiger charge is 2.35. The number of aliphatic imine (C=N–C) groups is 1. The zero-order valence-electron chi connectivity index (χ0n) is 14.2. The predicted octanol–water partition coefficient (Wildman–Crippen LogP) is 4.80. The van der Waals surface area contributed by atoms with Gasteiger partial charge in [0.25, 0.3) is 5.91 Å². The average Bonchev–Trinajstić information content (AvgIpc) is 2.61. The van der Waals surface area contributed by atoms with E-state index in [1.165, 1.54) is 18.2 Å². The highest BCUT2D eigenvalue weighted by atomic mass is 35.5. The zero-order chi connectivity index (χ0) is 21.1. The summed E-state index contributed by atoms with van der Waals surface area (Å²) in [6.07, 6.45) is -4.31. The number of nitrogens with two attached hydrogens (primary N) is 1. The minimum atomic E-state index is -4.98. The number of allylic oxidation sites excluding steroid dienone is 2. The van der Waals surface area contributed by atoms with Crippen LogP contribution in [0.3, 0.4) is 0 Å². The molecule has 0 spiro atoms. The molecule has 0 aliphatic heterocycles. The van der Waals surface area contributed by atoms with Gasteiger partial charge in [0.05, 0.1) is 16.3 Å². The number of halogens is 6. The molecule has 0 saturated heterocycles. The normalized spacial score (nSPS) is 12.8. The summed E-state index contributed by atoms with van der Waals surface area (Å²) in [5, 5.41) is 2.21. The van der Waals surface area contributed by atoms with Gasteiger partial charge in [0.2, 0.25) is 0 Å². The van der Waals surface area contributed by atoms with Gasteiger partial charge in [-0.2, -0.15) is 13.2 Å². The van der Waals surface area contributed by atoms with Crippen LogP contribution in [0.15, 0.2) is 47.1 Å². The van der Waals surface area contributed by atoms with Crippen molar-refractivity contribution in [2.24, 2.45) is 10.7 Å². The molecule has 148 valence electrons. The van der Waals surface area contributed by atoms with Gasteiger partial charge in [0.1, 0.15) is 17.3 Å². The molecule has 3 N–H and O–H groups in total. The summed E-state index contributed by atoms with van der Waals surface area (Å²) in [4.78, 5) is 15.6. The third kappa shape index (κ3) is 4.66. The average molecular weight is 418 g/mol.